The van der Waals surface area contributed by atoms with Crippen molar-refractivity contribution >= 4 is 37.9 Å². The summed E-state index contributed by atoms with van der Waals surface area (Å²) < 4.78 is 72.0. The van der Waals surface area contributed by atoms with Crippen molar-refractivity contribution in [3.63, 3.8) is 0 Å². The molecule has 0 aliphatic carbocycles. The molecular weight excluding hydrogens is 521 g/mol. The van der Waals surface area contributed by atoms with Gasteiger partial charge in [-0.3, -0.25) is 4.79 Å². The summed E-state index contributed by atoms with van der Waals surface area (Å²) in [6.45, 7) is 1.46. The molecule has 0 unspecified atom stereocenters. The summed E-state index contributed by atoms with van der Waals surface area (Å²) >= 11 is 0. The van der Waals surface area contributed by atoms with Crippen LogP contribution in [0.3, 0.4) is 0 Å². The summed E-state index contributed by atoms with van der Waals surface area (Å²) in [6, 6.07) is 15.3. The van der Waals surface area contributed by atoms with E-state index in [2.05, 4.69) is 15.3 Å². The van der Waals surface area contributed by atoms with Crippen LogP contribution in [0.15, 0.2) is 76.4 Å². The molecule has 1 N–H and O–H groups in total. The van der Waals surface area contributed by atoms with E-state index in [9.17, 15) is 26.4 Å². The second kappa shape index (κ2) is 9.60. The van der Waals surface area contributed by atoms with Crippen LogP contribution in [0.5, 0.6) is 0 Å². The van der Waals surface area contributed by atoms with Crippen molar-refractivity contribution in [2.75, 3.05) is 5.75 Å². The molecule has 0 aliphatic rings. The van der Waals surface area contributed by atoms with Gasteiger partial charge in [-0.25, -0.2) is 18.4 Å². The highest BCUT2D eigenvalue weighted by molar-refractivity contribution is 7.91. The summed E-state index contributed by atoms with van der Waals surface area (Å²) in [5.74, 6) is -1.62. The number of imidazole rings is 1. The summed E-state index contributed by atoms with van der Waals surface area (Å²) in [4.78, 5) is 20.9. The molecule has 0 saturated carbocycles. The maximum Gasteiger partial charge on any atom is 0.449 e. The topological polar surface area (TPSA) is 107 Å². The van der Waals surface area contributed by atoms with Crippen LogP contribution in [-0.4, -0.2) is 34.6 Å². The molecular formula is C26H21F3N4O4S. The van der Waals surface area contributed by atoms with Crippen molar-refractivity contribution in [2.24, 2.45) is 0 Å². The van der Waals surface area contributed by atoms with E-state index in [4.69, 9.17) is 4.42 Å². The number of aromatic nitrogens is 3. The van der Waals surface area contributed by atoms with E-state index in [0.717, 1.165) is 4.57 Å². The summed E-state index contributed by atoms with van der Waals surface area (Å²) in [5.41, 5.74) is 2.40. The van der Waals surface area contributed by atoms with Gasteiger partial charge in [-0.05, 0) is 42.0 Å². The van der Waals surface area contributed by atoms with Crippen molar-refractivity contribution < 1.29 is 30.8 Å². The normalized spacial score (nSPS) is 12.3. The SMILES string of the molecule is CCS(=O)(=O)c1ccc(CNC(=O)c2ccc3nc(C(F)(F)F)n(Cc4cccc5ncoc45)c3c2)cc1. The van der Waals surface area contributed by atoms with E-state index >= 15 is 0 Å². The lowest BCUT2D eigenvalue weighted by Crippen LogP contribution is -2.23. The Hall–Kier alpha value is -4.19. The number of nitrogens with one attached hydrogen (secondary N) is 1. The zero-order chi connectivity index (χ0) is 27.1. The number of nitrogens with zero attached hydrogens (tertiary/aromatic N) is 3. The Kier molecular flexibility index (Phi) is 6.43. The number of alkyl halides is 3. The van der Waals surface area contributed by atoms with E-state index < -0.39 is 27.7 Å². The number of oxazole rings is 1. The first-order valence-corrected chi connectivity index (χ1v) is 13.2. The molecule has 2 heterocycles. The molecule has 0 spiro atoms. The van der Waals surface area contributed by atoms with Gasteiger partial charge in [0.1, 0.15) is 5.52 Å². The highest BCUT2D eigenvalue weighted by atomic mass is 32.2. The molecule has 0 fully saturated rings. The second-order valence-electron chi connectivity index (χ2n) is 8.57. The monoisotopic (exact) mass is 542 g/mol. The number of halogens is 3. The molecule has 1 amide bonds. The van der Waals surface area contributed by atoms with Gasteiger partial charge in [0, 0.05) is 17.7 Å². The fraction of sp³-hybridized carbons (Fsp3) is 0.192. The predicted octanol–water partition coefficient (Wildman–Crippen LogP) is 4.97. The zero-order valence-corrected chi connectivity index (χ0v) is 20.8. The van der Waals surface area contributed by atoms with Gasteiger partial charge < -0.3 is 14.3 Å². The standard InChI is InChI=1S/C26H21F3N4O4S/c1-2-38(35,36)19-9-6-16(7-10-19)13-30-24(34)17-8-11-20-22(12-17)33(25(32-20)26(27,28)29)14-18-4-3-5-21-23(18)37-15-31-21/h3-12,15H,2,13-14H2,1H3,(H,30,34). The van der Waals surface area contributed by atoms with Crippen LogP contribution < -0.4 is 5.32 Å². The number of rotatable bonds is 7. The van der Waals surface area contributed by atoms with Gasteiger partial charge in [0.25, 0.3) is 5.91 Å². The van der Waals surface area contributed by atoms with Crippen molar-refractivity contribution in [3.8, 4) is 0 Å². The molecule has 0 saturated heterocycles. The van der Waals surface area contributed by atoms with Crippen LogP contribution in [0.2, 0.25) is 0 Å². The van der Waals surface area contributed by atoms with Gasteiger partial charge in [-0.15, -0.1) is 0 Å². The quantitative estimate of drug-likeness (QED) is 0.311. The maximum absolute atomic E-state index is 13.9. The number of carbonyl (C=O) groups is 1. The Balaban J connectivity index is 1.44. The third-order valence-corrected chi connectivity index (χ3v) is 7.90. The number of fused-ring (bicyclic) bond motifs is 2. The summed E-state index contributed by atoms with van der Waals surface area (Å²) in [5, 5.41) is 2.72. The number of para-hydroxylation sites is 1. The smallest absolute Gasteiger partial charge is 0.443 e. The molecule has 5 aromatic rings. The Bertz CT molecular complexity index is 1760. The number of amides is 1. The molecule has 2 aromatic heterocycles. The Morgan fingerprint density at radius 1 is 1.05 bits per heavy atom. The molecule has 0 aliphatic heterocycles. The van der Waals surface area contributed by atoms with Gasteiger partial charge in [0.15, 0.2) is 21.8 Å². The second-order valence-corrected chi connectivity index (χ2v) is 10.8. The van der Waals surface area contributed by atoms with Gasteiger partial charge in [-0.2, -0.15) is 13.2 Å². The molecule has 8 nitrogen and oxygen atoms in total. The largest absolute Gasteiger partial charge is 0.449 e. The first kappa shape index (κ1) is 25.5. The molecule has 5 rings (SSSR count). The van der Waals surface area contributed by atoms with E-state index in [-0.39, 0.29) is 40.3 Å². The molecule has 0 atom stereocenters. The van der Waals surface area contributed by atoms with Gasteiger partial charge >= 0.3 is 6.18 Å². The lowest BCUT2D eigenvalue weighted by molar-refractivity contribution is -0.146. The van der Waals surface area contributed by atoms with Crippen molar-refractivity contribution in [2.45, 2.75) is 31.1 Å². The lowest BCUT2D eigenvalue weighted by Gasteiger charge is -2.12. The fourth-order valence-corrected chi connectivity index (χ4v) is 5.03. The molecule has 38 heavy (non-hydrogen) atoms. The van der Waals surface area contributed by atoms with Crippen LogP contribution >= 0.6 is 0 Å². The molecule has 0 bridgehead atoms. The molecule has 196 valence electrons. The van der Waals surface area contributed by atoms with Gasteiger partial charge in [0.2, 0.25) is 5.82 Å². The number of sulfone groups is 1. The molecule has 12 heteroatoms. The zero-order valence-electron chi connectivity index (χ0n) is 20.0. The highest BCUT2D eigenvalue weighted by Crippen LogP contribution is 2.33. The van der Waals surface area contributed by atoms with Crippen molar-refractivity contribution in [1.82, 2.24) is 19.9 Å². The minimum atomic E-state index is -4.73. The lowest BCUT2D eigenvalue weighted by atomic mass is 10.1. The van der Waals surface area contributed by atoms with Crippen LogP contribution in [0.25, 0.3) is 22.1 Å². The Morgan fingerprint density at radius 2 is 1.82 bits per heavy atom. The van der Waals surface area contributed by atoms with Crippen molar-refractivity contribution in [1.29, 1.82) is 0 Å². The number of carbonyl (C=O) groups excluding carboxylic acids is 1. The van der Waals surface area contributed by atoms with Crippen LogP contribution in [-0.2, 0) is 29.1 Å². The van der Waals surface area contributed by atoms with Crippen LogP contribution in [0.1, 0.15) is 34.2 Å². The predicted molar refractivity (Wildman–Crippen MR) is 133 cm³/mol. The Morgan fingerprint density at radius 3 is 2.53 bits per heavy atom. The van der Waals surface area contributed by atoms with Crippen molar-refractivity contribution in [3.05, 3.63) is 89.6 Å². The third kappa shape index (κ3) is 4.86. The average molecular weight is 543 g/mol. The summed E-state index contributed by atoms with van der Waals surface area (Å²) in [6.07, 6.45) is -3.50. The number of hydrogen-bond acceptors (Lipinski definition) is 6. The van der Waals surface area contributed by atoms with Crippen LogP contribution in [0.4, 0.5) is 13.2 Å². The number of benzene rings is 3. The third-order valence-electron chi connectivity index (χ3n) is 6.15. The maximum atomic E-state index is 13.9. The fourth-order valence-electron chi connectivity index (χ4n) is 4.15. The summed E-state index contributed by atoms with van der Waals surface area (Å²) in [7, 11) is -3.34. The average Bonchev–Trinajstić information content (AvgIpc) is 3.53. The van der Waals surface area contributed by atoms with Gasteiger partial charge in [0.05, 0.1) is 28.2 Å². The van der Waals surface area contributed by atoms with E-state index in [1.165, 1.54) is 36.7 Å². The van der Waals surface area contributed by atoms with E-state index in [1.54, 1.807) is 37.3 Å². The highest BCUT2D eigenvalue weighted by Gasteiger charge is 2.38. The first-order chi connectivity index (χ1) is 18.1. The molecule has 0 radical (unpaired) electrons. The van der Waals surface area contributed by atoms with E-state index in [1.807, 2.05) is 0 Å². The first-order valence-electron chi connectivity index (χ1n) is 11.6. The van der Waals surface area contributed by atoms with Crippen LogP contribution in [0, 0.1) is 0 Å². The minimum absolute atomic E-state index is 0.0221. The minimum Gasteiger partial charge on any atom is -0.443 e. The Labute approximate surface area is 215 Å². The number of hydrogen-bond donors (Lipinski definition) is 1. The molecule has 3 aromatic carbocycles. The van der Waals surface area contributed by atoms with E-state index in [0.29, 0.717) is 22.2 Å². The van der Waals surface area contributed by atoms with Gasteiger partial charge in [-0.1, -0.05) is 31.2 Å².